The fourth-order valence-electron chi connectivity index (χ4n) is 9.82. The predicted octanol–water partition coefficient (Wildman–Crippen LogP) is 1.44. The molecule has 2 aliphatic rings. The van der Waals surface area contributed by atoms with Gasteiger partial charge < -0.3 is 57.2 Å². The van der Waals surface area contributed by atoms with Crippen molar-refractivity contribution in [2.75, 3.05) is 85.1 Å². The summed E-state index contributed by atoms with van der Waals surface area (Å²) < 4.78 is 0. The van der Waals surface area contributed by atoms with Gasteiger partial charge in [0.05, 0.1) is 19.6 Å². The topological polar surface area (TPSA) is 365 Å². The van der Waals surface area contributed by atoms with Crippen molar-refractivity contribution in [2.45, 2.75) is 88.9 Å². The van der Waals surface area contributed by atoms with E-state index in [0.717, 1.165) is 21.9 Å². The number of urea groups is 1. The average molecular weight is 1120 g/mol. The zero-order valence-corrected chi connectivity index (χ0v) is 44.8. The van der Waals surface area contributed by atoms with Crippen LogP contribution in [0.25, 0.3) is 10.8 Å². The maximum Gasteiger partial charge on any atom is 0.326 e. The van der Waals surface area contributed by atoms with Gasteiger partial charge in [-0.05, 0) is 91.3 Å². The summed E-state index contributed by atoms with van der Waals surface area (Å²) in [6.45, 7) is 3.12. The van der Waals surface area contributed by atoms with Crippen LogP contribution in [0.3, 0.4) is 0 Å². The minimum Gasteiger partial charge on any atom is -0.481 e. The summed E-state index contributed by atoms with van der Waals surface area (Å²) >= 11 is 0. The number of nitrogens with one attached hydrogen (secondary N) is 5. The number of benzene rings is 3. The molecule has 0 unspecified atom stereocenters. The molecule has 25 heteroatoms. The standard InChI is InChI=1S/C55H75N9O16/c65-46(66)19-18-44(54(78)79)60-55(80)59-43(53(76)77)7-3-4-20-56-52(75)45(30-38-12-13-39-5-1-2-6-42(39)29-38)58-51(74)41-14-8-36(9-15-41)31-57-50(73)40-16-10-37(11-17-40)32-61-21-23-62(33-47(67)68)25-27-64(35-49(71)72)28-26-63(24-22-61)34-48(69)70/h1-2,5-6,10-13,16-17,29,36,41,43-45H,3-4,7-9,14-15,18-28,30-35H2,(H,56,75)(H,57,73)(H,58,74)(H,65,66)(H,67,68)(H,69,70)(H,71,72)(H,76,77)(H,78,79)(H2,59,60,80)/t36?,41?,43-,44-,45-/m0/s1. The fourth-order valence-corrected chi connectivity index (χ4v) is 9.82. The molecular formula is C55H75N9O16. The Morgan fingerprint density at radius 3 is 1.55 bits per heavy atom. The van der Waals surface area contributed by atoms with Crippen LogP contribution in [0.1, 0.15) is 79.3 Å². The number of carbonyl (C=O) groups is 10. The monoisotopic (exact) mass is 1120 g/mol. The number of amides is 5. The molecule has 1 heterocycles. The number of aliphatic carboxylic acids is 6. The van der Waals surface area contributed by atoms with Gasteiger partial charge in [0, 0.05) is 96.3 Å². The predicted molar refractivity (Wildman–Crippen MR) is 290 cm³/mol. The molecule has 1 aliphatic carbocycles. The van der Waals surface area contributed by atoms with Gasteiger partial charge in [0.2, 0.25) is 11.8 Å². The Bertz CT molecular complexity index is 2580. The van der Waals surface area contributed by atoms with Crippen LogP contribution in [0, 0.1) is 11.8 Å². The molecule has 436 valence electrons. The van der Waals surface area contributed by atoms with Crippen LogP contribution in [-0.4, -0.2) is 213 Å². The quantitative estimate of drug-likeness (QED) is 0.0458. The lowest BCUT2D eigenvalue weighted by atomic mass is 9.81. The van der Waals surface area contributed by atoms with Crippen LogP contribution in [0.5, 0.6) is 0 Å². The second kappa shape index (κ2) is 32.4. The molecule has 5 amide bonds. The molecule has 0 spiro atoms. The number of carbonyl (C=O) groups excluding carboxylic acids is 4. The van der Waals surface area contributed by atoms with Crippen molar-refractivity contribution in [1.82, 2.24) is 46.2 Å². The smallest absolute Gasteiger partial charge is 0.326 e. The van der Waals surface area contributed by atoms with E-state index in [4.69, 9.17) is 5.11 Å². The third kappa shape index (κ3) is 22.5. The Morgan fingerprint density at radius 2 is 1.02 bits per heavy atom. The number of rotatable bonds is 28. The van der Waals surface area contributed by atoms with Crippen LogP contribution >= 0.6 is 0 Å². The summed E-state index contributed by atoms with van der Waals surface area (Å²) in [5.74, 6) is -8.42. The Hall–Kier alpha value is -7.74. The van der Waals surface area contributed by atoms with Gasteiger partial charge in [-0.1, -0.05) is 54.6 Å². The summed E-state index contributed by atoms with van der Waals surface area (Å²) in [6.07, 6.45) is 2.09. The van der Waals surface area contributed by atoms with Gasteiger partial charge in [-0.25, -0.2) is 14.4 Å². The first-order valence-electron chi connectivity index (χ1n) is 26.9. The van der Waals surface area contributed by atoms with Gasteiger partial charge in [-0.15, -0.1) is 0 Å². The SMILES string of the molecule is O=C(O)CC[C@H](NC(=O)N[C@@H](CCCCNC(=O)[C@H](Cc1ccc2ccccc2c1)NC(=O)C1CCC(CNC(=O)c2ccc(CN3CCN(CC(=O)O)CCN(CC(=O)O)CCN(CC(=O)O)CC3)cc2)CC1)C(=O)O)C(=O)O. The lowest BCUT2D eigenvalue weighted by Crippen LogP contribution is -2.51. The first-order chi connectivity index (χ1) is 38.2. The average Bonchev–Trinajstić information content (AvgIpc) is 3.41. The molecular weight excluding hydrogens is 1040 g/mol. The number of unbranched alkanes of at least 4 members (excludes halogenated alkanes) is 1. The molecule has 3 aromatic carbocycles. The number of carboxylic acids is 6. The lowest BCUT2D eigenvalue weighted by molar-refractivity contribution is -0.141. The van der Waals surface area contributed by atoms with Crippen molar-refractivity contribution >= 4 is 70.3 Å². The number of fused-ring (bicyclic) bond motifs is 1. The van der Waals surface area contributed by atoms with Crippen LogP contribution in [0.4, 0.5) is 4.79 Å². The summed E-state index contributed by atoms with van der Waals surface area (Å²) in [5, 5.41) is 71.6. The van der Waals surface area contributed by atoms with E-state index in [2.05, 4.69) is 31.5 Å². The largest absolute Gasteiger partial charge is 0.481 e. The molecule has 0 aromatic heterocycles. The van der Waals surface area contributed by atoms with Gasteiger partial charge in [0.15, 0.2) is 0 Å². The summed E-state index contributed by atoms with van der Waals surface area (Å²) in [6, 6.07) is 15.7. The number of hydrogen-bond acceptors (Lipinski definition) is 14. The Morgan fingerprint density at radius 1 is 0.512 bits per heavy atom. The Labute approximate surface area is 463 Å². The zero-order chi connectivity index (χ0) is 58.1. The Balaban J connectivity index is 1.11. The second-order valence-corrected chi connectivity index (χ2v) is 20.5. The van der Waals surface area contributed by atoms with E-state index in [1.54, 1.807) is 26.8 Å². The first-order valence-corrected chi connectivity index (χ1v) is 26.9. The van der Waals surface area contributed by atoms with E-state index in [1.165, 1.54) is 0 Å². The maximum atomic E-state index is 13.9. The van der Waals surface area contributed by atoms with E-state index < -0.39 is 78.7 Å². The molecule has 25 nitrogen and oxygen atoms in total. The van der Waals surface area contributed by atoms with E-state index in [0.29, 0.717) is 103 Å². The van der Waals surface area contributed by atoms with Crippen molar-refractivity contribution in [3.8, 4) is 0 Å². The highest BCUT2D eigenvalue weighted by Gasteiger charge is 2.31. The Kier molecular flexibility index (Phi) is 25.5. The van der Waals surface area contributed by atoms with Crippen LogP contribution in [-0.2, 0) is 51.3 Å². The van der Waals surface area contributed by atoms with Gasteiger partial charge in [0.1, 0.15) is 18.1 Å². The molecule has 3 atom stereocenters. The zero-order valence-electron chi connectivity index (χ0n) is 44.8. The van der Waals surface area contributed by atoms with Crippen LogP contribution in [0.2, 0.25) is 0 Å². The van der Waals surface area contributed by atoms with Crippen molar-refractivity contribution in [3.05, 3.63) is 83.4 Å². The highest BCUT2D eigenvalue weighted by molar-refractivity contribution is 5.94. The molecule has 0 bridgehead atoms. The molecule has 1 aliphatic heterocycles. The summed E-state index contributed by atoms with van der Waals surface area (Å²) in [4.78, 5) is 130. The number of nitrogens with zero attached hydrogens (tertiary/aromatic N) is 4. The molecule has 3 aromatic rings. The van der Waals surface area contributed by atoms with E-state index in [9.17, 15) is 73.5 Å². The molecule has 1 saturated heterocycles. The first kappa shape index (κ1) is 63.1. The van der Waals surface area contributed by atoms with Crippen molar-refractivity contribution in [2.24, 2.45) is 11.8 Å². The normalized spacial score (nSPS) is 18.2. The fraction of sp³-hybridized carbons (Fsp3) is 0.527. The van der Waals surface area contributed by atoms with Gasteiger partial charge in [0.25, 0.3) is 5.91 Å². The van der Waals surface area contributed by atoms with Gasteiger partial charge >= 0.3 is 41.8 Å². The minimum absolute atomic E-state index is 0.0654. The summed E-state index contributed by atoms with van der Waals surface area (Å²) in [5.41, 5.74) is 2.15. The molecule has 2 fully saturated rings. The minimum atomic E-state index is -1.55. The second-order valence-electron chi connectivity index (χ2n) is 20.5. The summed E-state index contributed by atoms with van der Waals surface area (Å²) in [7, 11) is 0. The number of hydrogen-bond donors (Lipinski definition) is 11. The number of carboxylic acid groups (broad SMARTS) is 6. The van der Waals surface area contributed by atoms with Crippen molar-refractivity contribution < 1.29 is 78.6 Å². The molecule has 1 saturated carbocycles. The van der Waals surface area contributed by atoms with Crippen molar-refractivity contribution in [1.29, 1.82) is 0 Å². The van der Waals surface area contributed by atoms with Crippen LogP contribution in [0.15, 0.2) is 66.7 Å². The molecule has 5 rings (SSSR count). The highest BCUT2D eigenvalue weighted by atomic mass is 16.4. The van der Waals surface area contributed by atoms with Crippen molar-refractivity contribution in [3.63, 3.8) is 0 Å². The van der Waals surface area contributed by atoms with E-state index in [1.807, 2.05) is 54.6 Å². The lowest BCUT2D eigenvalue weighted by Gasteiger charge is -2.33. The third-order valence-corrected chi connectivity index (χ3v) is 14.4. The van der Waals surface area contributed by atoms with E-state index in [-0.39, 0.29) is 69.1 Å². The van der Waals surface area contributed by atoms with E-state index >= 15 is 0 Å². The highest BCUT2D eigenvalue weighted by Crippen LogP contribution is 2.29. The maximum absolute atomic E-state index is 13.9. The molecule has 80 heavy (non-hydrogen) atoms. The molecule has 0 radical (unpaired) electrons. The van der Waals surface area contributed by atoms with Crippen LogP contribution < -0.4 is 26.6 Å². The third-order valence-electron chi connectivity index (χ3n) is 14.4. The van der Waals surface area contributed by atoms with Gasteiger partial charge in [-0.3, -0.25) is 53.2 Å². The molecule has 11 N–H and O–H groups in total. The van der Waals surface area contributed by atoms with Gasteiger partial charge in [-0.2, -0.15) is 0 Å².